The van der Waals surface area contributed by atoms with E-state index in [1.807, 2.05) is 6.07 Å². The molecule has 2 heterocycles. The van der Waals surface area contributed by atoms with Gasteiger partial charge in [0.25, 0.3) is 0 Å². The first-order valence-electron chi connectivity index (χ1n) is 12.7. The Kier molecular flexibility index (Phi) is 6.70. The predicted molar refractivity (Wildman–Crippen MR) is 132 cm³/mol. The second-order valence-corrected chi connectivity index (χ2v) is 10.1. The van der Waals surface area contributed by atoms with Crippen molar-refractivity contribution in [2.24, 2.45) is 0 Å². The molecule has 0 aromatic heterocycles. The van der Waals surface area contributed by atoms with Crippen molar-refractivity contribution in [3.63, 3.8) is 0 Å². The highest BCUT2D eigenvalue weighted by atomic mass is 16.5. The van der Waals surface area contributed by atoms with Crippen molar-refractivity contribution in [1.82, 2.24) is 14.7 Å². The number of hydrogen-bond donors (Lipinski definition) is 0. The van der Waals surface area contributed by atoms with Crippen LogP contribution in [0.15, 0.2) is 42.5 Å². The Morgan fingerprint density at radius 2 is 1.76 bits per heavy atom. The molecule has 0 spiro atoms. The second-order valence-electron chi connectivity index (χ2n) is 10.1. The van der Waals surface area contributed by atoms with Crippen molar-refractivity contribution in [3.05, 3.63) is 53.6 Å². The van der Waals surface area contributed by atoms with E-state index in [9.17, 15) is 4.79 Å². The molecule has 176 valence electrons. The molecule has 0 unspecified atom stereocenters. The molecule has 2 aromatic carbocycles. The highest BCUT2D eigenvalue weighted by Crippen LogP contribution is 2.29. The number of piperazine rings is 1. The van der Waals surface area contributed by atoms with E-state index in [1.165, 1.54) is 41.5 Å². The lowest BCUT2D eigenvalue weighted by molar-refractivity contribution is -0.135. The van der Waals surface area contributed by atoms with Crippen LogP contribution in [0.5, 0.6) is 5.75 Å². The van der Waals surface area contributed by atoms with E-state index >= 15 is 0 Å². The second kappa shape index (κ2) is 9.86. The van der Waals surface area contributed by atoms with Gasteiger partial charge in [0, 0.05) is 45.3 Å². The van der Waals surface area contributed by atoms with Crippen LogP contribution in [-0.2, 0) is 17.8 Å². The molecule has 1 saturated heterocycles. The van der Waals surface area contributed by atoms with E-state index in [4.69, 9.17) is 4.74 Å². The van der Waals surface area contributed by atoms with Gasteiger partial charge in [0.05, 0.1) is 12.6 Å². The maximum absolute atomic E-state index is 12.9. The molecule has 0 bridgehead atoms. The van der Waals surface area contributed by atoms with Gasteiger partial charge in [0.1, 0.15) is 5.75 Å². The van der Waals surface area contributed by atoms with Crippen LogP contribution in [0.25, 0.3) is 11.1 Å². The number of ether oxygens (including phenoxy) is 1. The molecule has 0 N–H and O–H groups in total. The number of rotatable bonds is 6. The molecule has 0 atom stereocenters. The van der Waals surface area contributed by atoms with Crippen LogP contribution >= 0.6 is 0 Å². The van der Waals surface area contributed by atoms with Gasteiger partial charge < -0.3 is 9.64 Å². The summed E-state index contributed by atoms with van der Waals surface area (Å²) in [6, 6.07) is 15.9. The lowest BCUT2D eigenvalue weighted by atomic mass is 9.91. The topological polar surface area (TPSA) is 36.0 Å². The third-order valence-electron chi connectivity index (χ3n) is 7.45. The van der Waals surface area contributed by atoms with Gasteiger partial charge in [-0.1, -0.05) is 36.8 Å². The summed E-state index contributed by atoms with van der Waals surface area (Å²) in [5.41, 5.74) is 5.18. The van der Waals surface area contributed by atoms with E-state index < -0.39 is 0 Å². The lowest BCUT2D eigenvalue weighted by Crippen LogP contribution is -2.55. The molecule has 5 rings (SSSR count). The zero-order valence-electron chi connectivity index (χ0n) is 20.1. The summed E-state index contributed by atoms with van der Waals surface area (Å²) in [4.78, 5) is 19.9. The highest BCUT2D eigenvalue weighted by molar-refractivity contribution is 5.78. The molecule has 3 aliphatic rings. The predicted octanol–water partition coefficient (Wildman–Crippen LogP) is 4.20. The smallest absolute Gasteiger partial charge is 0.236 e. The Morgan fingerprint density at radius 1 is 0.970 bits per heavy atom. The Labute approximate surface area is 198 Å². The Hall–Kier alpha value is -2.37. The van der Waals surface area contributed by atoms with Crippen molar-refractivity contribution >= 4 is 5.91 Å². The third-order valence-corrected chi connectivity index (χ3v) is 7.45. The summed E-state index contributed by atoms with van der Waals surface area (Å²) in [7, 11) is 0. The SMILES string of the molecule is CC(C)Oc1cccc(-c2ccc3c(c2)CCN(CC(=O)N2CCN(C4CCC4)CC2)C3)c1. The van der Waals surface area contributed by atoms with Crippen LogP contribution in [0.3, 0.4) is 0 Å². The van der Waals surface area contributed by atoms with Crippen molar-refractivity contribution in [3.8, 4) is 16.9 Å². The maximum atomic E-state index is 12.9. The first-order valence-corrected chi connectivity index (χ1v) is 12.7. The van der Waals surface area contributed by atoms with Gasteiger partial charge in [0.2, 0.25) is 5.91 Å². The Balaban J connectivity index is 1.17. The number of carbonyl (C=O) groups is 1. The largest absolute Gasteiger partial charge is 0.491 e. The average molecular weight is 448 g/mol. The summed E-state index contributed by atoms with van der Waals surface area (Å²) in [5.74, 6) is 1.21. The molecule has 1 amide bonds. The molecular weight excluding hydrogens is 410 g/mol. The molecule has 1 saturated carbocycles. The highest BCUT2D eigenvalue weighted by Gasteiger charge is 2.30. The van der Waals surface area contributed by atoms with Gasteiger partial charge >= 0.3 is 0 Å². The van der Waals surface area contributed by atoms with Gasteiger partial charge in [-0.05, 0) is 67.5 Å². The normalized spacial score (nSPS) is 19.9. The fourth-order valence-corrected chi connectivity index (χ4v) is 5.33. The average Bonchev–Trinajstić information content (AvgIpc) is 2.78. The fraction of sp³-hybridized carbons (Fsp3) is 0.536. The van der Waals surface area contributed by atoms with Crippen LogP contribution in [-0.4, -0.2) is 72.0 Å². The van der Waals surface area contributed by atoms with Crippen molar-refractivity contribution in [1.29, 1.82) is 0 Å². The number of carbonyl (C=O) groups excluding carboxylic acids is 1. The molecule has 5 heteroatoms. The first kappa shape index (κ1) is 22.4. The summed E-state index contributed by atoms with van der Waals surface area (Å²) in [6.45, 7) is 10.3. The quantitative estimate of drug-likeness (QED) is 0.665. The first-order chi connectivity index (χ1) is 16.0. The molecule has 1 aliphatic carbocycles. The van der Waals surface area contributed by atoms with E-state index in [0.717, 1.165) is 57.5 Å². The molecule has 2 aromatic rings. The molecular formula is C28H37N3O2. The Bertz CT molecular complexity index is 977. The number of hydrogen-bond acceptors (Lipinski definition) is 4. The van der Waals surface area contributed by atoms with Gasteiger partial charge in [0.15, 0.2) is 0 Å². The monoisotopic (exact) mass is 447 g/mol. The van der Waals surface area contributed by atoms with E-state index in [-0.39, 0.29) is 6.10 Å². The molecule has 5 nitrogen and oxygen atoms in total. The molecule has 33 heavy (non-hydrogen) atoms. The van der Waals surface area contributed by atoms with E-state index in [2.05, 4.69) is 64.9 Å². The van der Waals surface area contributed by atoms with Crippen LogP contribution in [0.2, 0.25) is 0 Å². The summed E-state index contributed by atoms with van der Waals surface area (Å²) in [5, 5.41) is 0. The summed E-state index contributed by atoms with van der Waals surface area (Å²) >= 11 is 0. The van der Waals surface area contributed by atoms with Crippen LogP contribution in [0.4, 0.5) is 0 Å². The summed E-state index contributed by atoms with van der Waals surface area (Å²) in [6.07, 6.45) is 5.23. The van der Waals surface area contributed by atoms with Crippen LogP contribution in [0, 0.1) is 0 Å². The van der Waals surface area contributed by atoms with Gasteiger partial charge in [-0.3, -0.25) is 14.6 Å². The molecule has 2 aliphatic heterocycles. The fourth-order valence-electron chi connectivity index (χ4n) is 5.33. The molecule has 2 fully saturated rings. The number of amides is 1. The minimum absolute atomic E-state index is 0.170. The number of nitrogens with zero attached hydrogens (tertiary/aromatic N) is 3. The standard InChI is InChI=1S/C28H37N3O2/c1-21(2)33-27-8-3-5-22(18-27)23-9-10-25-19-29(12-11-24(25)17-23)20-28(32)31-15-13-30(14-16-31)26-6-4-7-26/h3,5,8-10,17-18,21,26H,4,6-7,11-16,19-20H2,1-2H3. The van der Waals surface area contributed by atoms with Crippen LogP contribution in [0.1, 0.15) is 44.2 Å². The lowest BCUT2D eigenvalue weighted by Gasteiger charge is -2.43. The minimum Gasteiger partial charge on any atom is -0.491 e. The van der Waals surface area contributed by atoms with Gasteiger partial charge in [-0.15, -0.1) is 0 Å². The summed E-state index contributed by atoms with van der Waals surface area (Å²) < 4.78 is 5.87. The Morgan fingerprint density at radius 3 is 2.48 bits per heavy atom. The van der Waals surface area contributed by atoms with Crippen molar-refractivity contribution < 1.29 is 9.53 Å². The zero-order valence-corrected chi connectivity index (χ0v) is 20.1. The minimum atomic E-state index is 0.170. The number of fused-ring (bicyclic) bond motifs is 1. The van der Waals surface area contributed by atoms with Crippen molar-refractivity contribution in [2.75, 3.05) is 39.3 Å². The van der Waals surface area contributed by atoms with E-state index in [1.54, 1.807) is 0 Å². The van der Waals surface area contributed by atoms with Gasteiger partial charge in [-0.2, -0.15) is 0 Å². The van der Waals surface area contributed by atoms with Gasteiger partial charge in [-0.25, -0.2) is 0 Å². The van der Waals surface area contributed by atoms with Crippen molar-refractivity contribution in [2.45, 2.75) is 58.2 Å². The molecule has 0 radical (unpaired) electrons. The zero-order chi connectivity index (χ0) is 22.8. The van der Waals surface area contributed by atoms with Crippen LogP contribution < -0.4 is 4.74 Å². The maximum Gasteiger partial charge on any atom is 0.236 e. The third kappa shape index (κ3) is 5.25. The number of benzene rings is 2. The van der Waals surface area contributed by atoms with E-state index in [0.29, 0.717) is 12.5 Å².